The minimum atomic E-state index is -1.65. The molecule has 0 aromatic heterocycles. The molecule has 162 valence electrons. The van der Waals surface area contributed by atoms with Crippen LogP contribution in [0, 0.1) is 17.5 Å². The van der Waals surface area contributed by atoms with E-state index in [-0.39, 0.29) is 36.5 Å². The zero-order valence-electron chi connectivity index (χ0n) is 15.7. The molecule has 1 aliphatic rings. The van der Waals surface area contributed by atoms with Crippen molar-refractivity contribution in [2.45, 2.75) is 0 Å². The third-order valence-electron chi connectivity index (χ3n) is 4.49. The summed E-state index contributed by atoms with van der Waals surface area (Å²) in [5, 5.41) is 2.82. The van der Waals surface area contributed by atoms with E-state index in [1.807, 2.05) is 29.2 Å². The number of halogens is 5. The number of nitrogens with one attached hydrogen (secondary N) is 1. The molecular weight excluding hydrogens is 534 g/mol. The SMILES string of the molecule is I.NC(=NCC(=O)Nc1ccc(F)c(F)c1F)N1CCN(c2ccc(Cl)cc2)CC1. The number of hydrogen-bond acceptors (Lipinski definition) is 3. The average molecular weight is 554 g/mol. The zero-order chi connectivity index (χ0) is 21.0. The number of rotatable bonds is 4. The minimum Gasteiger partial charge on any atom is -0.370 e. The maximum absolute atomic E-state index is 13.6. The van der Waals surface area contributed by atoms with Crippen LogP contribution in [0.15, 0.2) is 41.4 Å². The Hall–Kier alpha value is -2.21. The molecule has 0 atom stereocenters. The molecule has 0 unspecified atom stereocenters. The molecule has 0 saturated carbocycles. The standard InChI is InChI=1S/C19H19ClF3N5O.HI/c20-12-1-3-13(4-2-12)27-7-9-28(10-8-27)19(24)25-11-16(29)26-15-6-5-14(21)17(22)18(15)23;/h1-6H,7-11H2,(H2,24,25)(H,26,29);1H. The topological polar surface area (TPSA) is 74.0 Å². The zero-order valence-corrected chi connectivity index (χ0v) is 18.8. The van der Waals surface area contributed by atoms with E-state index in [4.69, 9.17) is 17.3 Å². The van der Waals surface area contributed by atoms with Crippen LogP contribution in [-0.2, 0) is 4.79 Å². The van der Waals surface area contributed by atoms with E-state index in [1.165, 1.54) is 0 Å². The van der Waals surface area contributed by atoms with E-state index in [0.717, 1.165) is 17.8 Å². The highest BCUT2D eigenvalue weighted by atomic mass is 127. The van der Waals surface area contributed by atoms with Gasteiger partial charge in [0.05, 0.1) is 5.69 Å². The van der Waals surface area contributed by atoms with Gasteiger partial charge in [-0.2, -0.15) is 0 Å². The van der Waals surface area contributed by atoms with Gasteiger partial charge in [0.15, 0.2) is 23.4 Å². The van der Waals surface area contributed by atoms with Crippen molar-refractivity contribution in [2.75, 3.05) is 42.9 Å². The van der Waals surface area contributed by atoms with E-state index < -0.39 is 29.0 Å². The molecule has 2 aromatic carbocycles. The summed E-state index contributed by atoms with van der Waals surface area (Å²) in [5.41, 5.74) is 6.54. The average Bonchev–Trinajstić information content (AvgIpc) is 2.73. The number of hydrogen-bond donors (Lipinski definition) is 2. The smallest absolute Gasteiger partial charge is 0.246 e. The molecule has 0 spiro atoms. The fourth-order valence-corrected chi connectivity index (χ4v) is 3.04. The lowest BCUT2D eigenvalue weighted by molar-refractivity contribution is -0.114. The summed E-state index contributed by atoms with van der Waals surface area (Å²) in [6.07, 6.45) is 0. The van der Waals surface area contributed by atoms with Crippen LogP contribution in [0.4, 0.5) is 24.5 Å². The molecule has 0 bridgehead atoms. The molecule has 1 saturated heterocycles. The first-order valence-corrected chi connectivity index (χ1v) is 9.21. The van der Waals surface area contributed by atoms with Crippen LogP contribution >= 0.6 is 35.6 Å². The van der Waals surface area contributed by atoms with Gasteiger partial charge < -0.3 is 20.9 Å². The van der Waals surface area contributed by atoms with E-state index in [1.54, 1.807) is 0 Å². The van der Waals surface area contributed by atoms with E-state index in [2.05, 4.69) is 15.2 Å². The lowest BCUT2D eigenvalue weighted by Gasteiger charge is -2.36. The highest BCUT2D eigenvalue weighted by molar-refractivity contribution is 14.0. The summed E-state index contributed by atoms with van der Waals surface area (Å²) < 4.78 is 39.7. The molecule has 0 aliphatic carbocycles. The summed E-state index contributed by atoms with van der Waals surface area (Å²) in [5.74, 6) is -4.96. The third-order valence-corrected chi connectivity index (χ3v) is 4.74. The molecule has 3 rings (SSSR count). The second-order valence-corrected chi connectivity index (χ2v) is 6.83. The van der Waals surface area contributed by atoms with Crippen molar-refractivity contribution in [2.24, 2.45) is 10.7 Å². The summed E-state index contributed by atoms with van der Waals surface area (Å²) in [6, 6.07) is 9.20. The monoisotopic (exact) mass is 553 g/mol. The number of nitrogens with zero attached hydrogens (tertiary/aromatic N) is 3. The fraction of sp³-hybridized carbons (Fsp3) is 0.263. The Labute approximate surface area is 193 Å². The molecule has 2 aromatic rings. The molecule has 30 heavy (non-hydrogen) atoms. The molecule has 3 N–H and O–H groups in total. The van der Waals surface area contributed by atoms with Crippen molar-refractivity contribution >= 4 is 58.8 Å². The summed E-state index contributed by atoms with van der Waals surface area (Å²) in [6.45, 7) is 2.27. The Balaban J connectivity index is 0.00000320. The number of anilines is 2. The van der Waals surface area contributed by atoms with Gasteiger partial charge in [-0.1, -0.05) is 11.6 Å². The predicted molar refractivity (Wildman–Crippen MR) is 122 cm³/mol. The number of piperazine rings is 1. The highest BCUT2D eigenvalue weighted by Gasteiger charge is 2.19. The van der Waals surface area contributed by atoms with Crippen molar-refractivity contribution in [1.29, 1.82) is 0 Å². The van der Waals surface area contributed by atoms with Crippen LogP contribution in [0.1, 0.15) is 0 Å². The number of carbonyl (C=O) groups is 1. The normalized spacial score (nSPS) is 14.3. The van der Waals surface area contributed by atoms with E-state index >= 15 is 0 Å². The Kier molecular flexibility index (Phi) is 8.59. The maximum Gasteiger partial charge on any atom is 0.246 e. The van der Waals surface area contributed by atoms with Crippen LogP contribution in [0.5, 0.6) is 0 Å². The van der Waals surface area contributed by atoms with Gasteiger partial charge in [0.1, 0.15) is 6.54 Å². The Morgan fingerprint density at radius 3 is 2.30 bits per heavy atom. The van der Waals surface area contributed by atoms with Gasteiger partial charge in [-0.15, -0.1) is 24.0 Å². The van der Waals surface area contributed by atoms with Crippen LogP contribution in [0.2, 0.25) is 5.02 Å². The van der Waals surface area contributed by atoms with Gasteiger partial charge >= 0.3 is 0 Å². The Bertz CT molecular complexity index is 921. The van der Waals surface area contributed by atoms with E-state index in [9.17, 15) is 18.0 Å². The molecule has 1 heterocycles. The minimum absolute atomic E-state index is 0. The molecule has 1 amide bonds. The number of aliphatic imine (C=N–C) groups is 1. The van der Waals surface area contributed by atoms with Crippen molar-refractivity contribution in [1.82, 2.24) is 4.90 Å². The molecular formula is C19H20ClF3IN5O. The second kappa shape index (κ2) is 10.7. The highest BCUT2D eigenvalue weighted by Crippen LogP contribution is 2.20. The molecule has 6 nitrogen and oxygen atoms in total. The molecule has 0 radical (unpaired) electrons. The summed E-state index contributed by atoms with van der Waals surface area (Å²) >= 11 is 5.90. The van der Waals surface area contributed by atoms with Gasteiger partial charge in [0, 0.05) is 36.9 Å². The first-order chi connectivity index (χ1) is 13.8. The lowest BCUT2D eigenvalue weighted by Crippen LogP contribution is -2.51. The summed E-state index contributed by atoms with van der Waals surface area (Å²) in [4.78, 5) is 19.9. The van der Waals surface area contributed by atoms with Crippen LogP contribution in [0.3, 0.4) is 0 Å². The number of amides is 1. The van der Waals surface area contributed by atoms with Crippen molar-refractivity contribution < 1.29 is 18.0 Å². The van der Waals surface area contributed by atoms with Crippen LogP contribution in [-0.4, -0.2) is 49.5 Å². The van der Waals surface area contributed by atoms with Gasteiger partial charge in [-0.25, -0.2) is 18.2 Å². The first-order valence-electron chi connectivity index (χ1n) is 8.84. The van der Waals surface area contributed by atoms with Crippen molar-refractivity contribution in [3.05, 3.63) is 58.9 Å². The number of nitrogens with two attached hydrogens (primary N) is 1. The van der Waals surface area contributed by atoms with E-state index in [0.29, 0.717) is 31.2 Å². The number of carbonyl (C=O) groups excluding carboxylic acids is 1. The van der Waals surface area contributed by atoms with Crippen LogP contribution in [0.25, 0.3) is 0 Å². The maximum atomic E-state index is 13.6. The third kappa shape index (κ3) is 5.91. The quantitative estimate of drug-likeness (QED) is 0.263. The Morgan fingerprint density at radius 2 is 1.67 bits per heavy atom. The first kappa shape index (κ1) is 24.1. The predicted octanol–water partition coefficient (Wildman–Crippen LogP) is 3.45. The number of benzene rings is 2. The van der Waals surface area contributed by atoms with Crippen molar-refractivity contribution in [3.63, 3.8) is 0 Å². The second-order valence-electron chi connectivity index (χ2n) is 6.40. The fourth-order valence-electron chi connectivity index (χ4n) is 2.91. The van der Waals surface area contributed by atoms with Crippen LogP contribution < -0.4 is 16.0 Å². The largest absolute Gasteiger partial charge is 0.370 e. The molecule has 1 aliphatic heterocycles. The van der Waals surface area contributed by atoms with Gasteiger partial charge in [0.25, 0.3) is 0 Å². The number of guanidine groups is 1. The Morgan fingerprint density at radius 1 is 1.03 bits per heavy atom. The molecule has 11 heteroatoms. The molecule has 1 fully saturated rings. The van der Waals surface area contributed by atoms with Crippen molar-refractivity contribution in [3.8, 4) is 0 Å². The summed E-state index contributed by atoms with van der Waals surface area (Å²) in [7, 11) is 0. The lowest BCUT2D eigenvalue weighted by atomic mass is 10.2. The van der Waals surface area contributed by atoms with Gasteiger partial charge in [0.2, 0.25) is 5.91 Å². The van der Waals surface area contributed by atoms with Gasteiger partial charge in [-0.3, -0.25) is 4.79 Å². The van der Waals surface area contributed by atoms with Gasteiger partial charge in [-0.05, 0) is 36.4 Å².